The summed E-state index contributed by atoms with van der Waals surface area (Å²) in [4.78, 5) is 4.86. The van der Waals surface area contributed by atoms with Gasteiger partial charge in [0.25, 0.3) is 0 Å². The normalized spacial score (nSPS) is 18.3. The van der Waals surface area contributed by atoms with E-state index in [9.17, 15) is 13.2 Å². The first-order valence-corrected chi connectivity index (χ1v) is 13.4. The lowest BCUT2D eigenvalue weighted by atomic mass is 9.77. The maximum absolute atomic E-state index is 12.4. The van der Waals surface area contributed by atoms with Gasteiger partial charge in [-0.3, -0.25) is 4.99 Å². The number of benzene rings is 3. The number of rotatable bonds is 8. The Hall–Kier alpha value is -3.34. The Morgan fingerprint density at radius 3 is 2.11 bits per heavy atom. The molecule has 1 fully saturated rings. The highest BCUT2D eigenvalue weighted by Gasteiger charge is 2.28. The molecule has 1 saturated carbocycles. The first kappa shape index (κ1) is 27.7. The molecular formula is C33H37F3N2. The maximum Gasteiger partial charge on any atom is 0.405 e. The average molecular weight is 519 g/mol. The molecule has 38 heavy (non-hydrogen) atoms. The number of aliphatic imine (C=N–C) groups is 1. The fraction of sp³-hybridized carbons (Fsp3) is 0.364. The maximum atomic E-state index is 12.4. The monoisotopic (exact) mass is 518 g/mol. The van der Waals surface area contributed by atoms with Crippen molar-refractivity contribution in [3.8, 4) is 11.1 Å². The van der Waals surface area contributed by atoms with Crippen LogP contribution < -0.4 is 5.32 Å². The molecular weight excluding hydrogens is 481 g/mol. The van der Waals surface area contributed by atoms with Gasteiger partial charge in [-0.1, -0.05) is 67.2 Å². The average Bonchev–Trinajstić information content (AvgIpc) is 2.90. The highest BCUT2D eigenvalue weighted by molar-refractivity contribution is 6.00. The van der Waals surface area contributed by atoms with Crippen LogP contribution >= 0.6 is 0 Å². The highest BCUT2D eigenvalue weighted by Crippen LogP contribution is 2.38. The van der Waals surface area contributed by atoms with Gasteiger partial charge in [0.15, 0.2) is 0 Å². The predicted molar refractivity (Wildman–Crippen MR) is 152 cm³/mol. The summed E-state index contributed by atoms with van der Waals surface area (Å²) in [7, 11) is 0. The Labute approximate surface area is 224 Å². The fourth-order valence-corrected chi connectivity index (χ4v) is 5.28. The molecule has 1 aliphatic carbocycles. The van der Waals surface area contributed by atoms with Gasteiger partial charge in [0, 0.05) is 11.4 Å². The molecule has 0 heterocycles. The molecule has 0 saturated heterocycles. The van der Waals surface area contributed by atoms with E-state index in [4.69, 9.17) is 4.99 Å². The van der Waals surface area contributed by atoms with Gasteiger partial charge in [0.2, 0.25) is 0 Å². The fourth-order valence-electron chi connectivity index (χ4n) is 5.28. The molecule has 3 aromatic rings. The zero-order valence-corrected chi connectivity index (χ0v) is 22.5. The molecule has 0 bridgehead atoms. The Kier molecular flexibility index (Phi) is 8.76. The zero-order chi connectivity index (χ0) is 27.3. The van der Waals surface area contributed by atoms with Crippen LogP contribution in [0.2, 0.25) is 0 Å². The summed E-state index contributed by atoms with van der Waals surface area (Å²) in [6, 6.07) is 23.7. The van der Waals surface area contributed by atoms with Crippen molar-refractivity contribution in [3.63, 3.8) is 0 Å². The van der Waals surface area contributed by atoms with E-state index < -0.39 is 12.7 Å². The van der Waals surface area contributed by atoms with E-state index in [1.807, 2.05) is 0 Å². The summed E-state index contributed by atoms with van der Waals surface area (Å²) in [5.41, 5.74) is 9.69. The molecule has 1 N–H and O–H groups in total. The van der Waals surface area contributed by atoms with Crippen molar-refractivity contribution in [2.45, 2.75) is 65.0 Å². The Bertz CT molecular complexity index is 1260. The molecule has 0 unspecified atom stereocenters. The molecule has 2 nitrogen and oxygen atoms in total. The highest BCUT2D eigenvalue weighted by atomic mass is 19.4. The summed E-state index contributed by atoms with van der Waals surface area (Å²) >= 11 is 0. The van der Waals surface area contributed by atoms with E-state index in [1.165, 1.54) is 27.8 Å². The van der Waals surface area contributed by atoms with Crippen LogP contribution in [0.4, 0.5) is 18.9 Å². The van der Waals surface area contributed by atoms with Crippen molar-refractivity contribution in [1.29, 1.82) is 0 Å². The number of hydrogen-bond acceptors (Lipinski definition) is 2. The van der Waals surface area contributed by atoms with Crippen molar-refractivity contribution < 1.29 is 13.2 Å². The lowest BCUT2D eigenvalue weighted by molar-refractivity contribution is -0.123. The van der Waals surface area contributed by atoms with Gasteiger partial charge in [0.1, 0.15) is 6.54 Å². The van der Waals surface area contributed by atoms with Crippen molar-refractivity contribution in [1.82, 2.24) is 5.32 Å². The van der Waals surface area contributed by atoms with Crippen LogP contribution in [0.25, 0.3) is 11.1 Å². The standard InChI is InChI=1S/C33H37F3N2/c1-22-5-6-23(2)32(19-22)38-25(4)27-11-13-29(14-12-27)31-17-15-30(16-18-31)28-9-7-26(8-10-28)20-24(3)37-21-33(34,35)36/h5-6,11-19,26,28,37H,3,7-10,20-21H2,1-2,4H3. The number of halogens is 3. The minimum absolute atomic E-state index is 0.402. The van der Waals surface area contributed by atoms with Crippen LogP contribution in [0, 0.1) is 19.8 Å². The number of alkyl halides is 3. The summed E-state index contributed by atoms with van der Waals surface area (Å²) in [5.74, 6) is 0.905. The van der Waals surface area contributed by atoms with E-state index in [1.54, 1.807) is 0 Å². The van der Waals surface area contributed by atoms with E-state index in [2.05, 4.69) is 99.4 Å². The van der Waals surface area contributed by atoms with E-state index in [0.717, 1.165) is 42.6 Å². The van der Waals surface area contributed by atoms with E-state index in [0.29, 0.717) is 24.0 Å². The molecule has 0 aromatic heterocycles. The minimum atomic E-state index is -4.21. The number of nitrogens with one attached hydrogen (secondary N) is 1. The first-order valence-electron chi connectivity index (χ1n) is 13.4. The smallest absolute Gasteiger partial charge is 0.380 e. The van der Waals surface area contributed by atoms with Crippen molar-refractivity contribution in [2.75, 3.05) is 6.54 Å². The lowest BCUT2D eigenvalue weighted by Gasteiger charge is -2.29. The van der Waals surface area contributed by atoms with Crippen LogP contribution in [0.3, 0.4) is 0 Å². The summed E-state index contributed by atoms with van der Waals surface area (Å²) in [5, 5.41) is 2.43. The van der Waals surface area contributed by atoms with E-state index in [-0.39, 0.29) is 0 Å². The second kappa shape index (κ2) is 12.0. The second-order valence-corrected chi connectivity index (χ2v) is 10.7. The molecule has 4 rings (SSSR count). The van der Waals surface area contributed by atoms with Crippen molar-refractivity contribution >= 4 is 11.4 Å². The zero-order valence-electron chi connectivity index (χ0n) is 22.5. The lowest BCUT2D eigenvalue weighted by Crippen LogP contribution is -2.29. The molecule has 200 valence electrons. The van der Waals surface area contributed by atoms with Crippen molar-refractivity contribution in [3.05, 3.63) is 101 Å². The molecule has 0 atom stereocenters. The van der Waals surface area contributed by atoms with Gasteiger partial charge < -0.3 is 5.32 Å². The topological polar surface area (TPSA) is 24.4 Å². The number of nitrogens with zero attached hydrogens (tertiary/aromatic N) is 1. The molecule has 0 aliphatic heterocycles. The largest absolute Gasteiger partial charge is 0.405 e. The number of aryl methyl sites for hydroxylation is 2. The van der Waals surface area contributed by atoms with Crippen LogP contribution in [0.1, 0.15) is 67.2 Å². The van der Waals surface area contributed by atoms with Gasteiger partial charge in [-0.2, -0.15) is 13.2 Å². The van der Waals surface area contributed by atoms with Gasteiger partial charge in [-0.15, -0.1) is 0 Å². The minimum Gasteiger partial charge on any atom is -0.380 e. The van der Waals surface area contributed by atoms with Gasteiger partial charge >= 0.3 is 6.18 Å². The van der Waals surface area contributed by atoms with E-state index >= 15 is 0 Å². The van der Waals surface area contributed by atoms with Crippen LogP contribution in [-0.2, 0) is 0 Å². The molecule has 5 heteroatoms. The van der Waals surface area contributed by atoms with Crippen molar-refractivity contribution in [2.24, 2.45) is 10.9 Å². The Morgan fingerprint density at radius 2 is 1.50 bits per heavy atom. The molecule has 0 radical (unpaired) electrons. The van der Waals surface area contributed by atoms with Gasteiger partial charge in [-0.05, 0) is 104 Å². The molecule has 0 amide bonds. The molecule has 3 aromatic carbocycles. The third-order valence-corrected chi connectivity index (χ3v) is 7.59. The van der Waals surface area contributed by atoms with Crippen LogP contribution in [0.15, 0.2) is 84.0 Å². The third-order valence-electron chi connectivity index (χ3n) is 7.59. The number of hydrogen-bond donors (Lipinski definition) is 1. The molecule has 0 spiro atoms. The molecule has 1 aliphatic rings. The summed E-state index contributed by atoms with van der Waals surface area (Å²) in [6.07, 6.45) is 0.567. The Morgan fingerprint density at radius 1 is 0.895 bits per heavy atom. The van der Waals surface area contributed by atoms with Crippen LogP contribution in [-0.4, -0.2) is 18.4 Å². The first-order chi connectivity index (χ1) is 18.1. The summed E-state index contributed by atoms with van der Waals surface area (Å²) in [6.45, 7) is 9.01. The van der Waals surface area contributed by atoms with Gasteiger partial charge in [-0.25, -0.2) is 0 Å². The van der Waals surface area contributed by atoms with Crippen LogP contribution in [0.5, 0.6) is 0 Å². The number of allylic oxidation sites excluding steroid dienone is 1. The quantitative estimate of drug-likeness (QED) is 0.295. The second-order valence-electron chi connectivity index (χ2n) is 10.7. The predicted octanol–water partition coefficient (Wildman–Crippen LogP) is 9.44. The summed E-state index contributed by atoms with van der Waals surface area (Å²) < 4.78 is 37.2. The van der Waals surface area contributed by atoms with Gasteiger partial charge in [0.05, 0.1) is 5.69 Å². The Balaban J connectivity index is 1.32. The third kappa shape index (κ3) is 7.59. The SMILES string of the molecule is C=C(CC1CCC(c2ccc(-c3ccc(C(C)=Nc4cc(C)ccc4C)cc3)cc2)CC1)NCC(F)(F)F.